The zero-order chi connectivity index (χ0) is 9.47. The Hall–Kier alpha value is -0.250. The van der Waals surface area contributed by atoms with E-state index in [1.165, 1.54) is 6.42 Å². The minimum atomic E-state index is -3.98. The third-order valence-corrected chi connectivity index (χ3v) is 3.06. The molecule has 2 atom stereocenters. The lowest BCUT2D eigenvalue weighted by atomic mass is 10.1. The molecule has 1 nitrogen and oxygen atoms in total. The van der Waals surface area contributed by atoms with Crippen LogP contribution in [0.1, 0.15) is 25.7 Å². The molecule has 0 spiro atoms. The highest BCUT2D eigenvalue weighted by Gasteiger charge is 2.44. The topological polar surface area (TPSA) is 3.24 Å². The maximum absolute atomic E-state index is 11.9. The van der Waals surface area contributed by atoms with E-state index in [0.29, 0.717) is 6.04 Å². The van der Waals surface area contributed by atoms with E-state index in [4.69, 9.17) is 0 Å². The van der Waals surface area contributed by atoms with Crippen LogP contribution in [0, 0.1) is 5.92 Å². The van der Waals surface area contributed by atoms with Crippen LogP contribution in [-0.2, 0) is 0 Å². The van der Waals surface area contributed by atoms with E-state index in [2.05, 4.69) is 0 Å². The first kappa shape index (κ1) is 9.31. The van der Waals surface area contributed by atoms with E-state index < -0.39 is 12.6 Å². The summed E-state index contributed by atoms with van der Waals surface area (Å²) in [6, 6.07) is 0.496. The molecule has 0 amide bonds. The molecule has 0 unspecified atom stereocenters. The first-order valence-corrected chi connectivity index (χ1v) is 4.87. The third kappa shape index (κ3) is 2.36. The molecule has 0 aromatic heterocycles. The fourth-order valence-corrected chi connectivity index (χ4v) is 2.26. The summed E-state index contributed by atoms with van der Waals surface area (Å²) in [7, 11) is 0. The molecule has 1 aliphatic carbocycles. The smallest absolute Gasteiger partial charge is 0.300 e. The largest absolute Gasteiger partial charge is 0.390 e. The van der Waals surface area contributed by atoms with Crippen molar-refractivity contribution in [2.75, 3.05) is 13.1 Å². The van der Waals surface area contributed by atoms with Gasteiger partial charge < -0.3 is 0 Å². The van der Waals surface area contributed by atoms with Crippen LogP contribution < -0.4 is 0 Å². The predicted octanol–water partition coefficient (Wildman–Crippen LogP) is 2.42. The Bertz CT molecular complexity index is 190. The van der Waals surface area contributed by atoms with Gasteiger partial charge in [0.05, 0.1) is 6.42 Å². The summed E-state index contributed by atoms with van der Waals surface area (Å²) in [4.78, 5) is 2.02. The Kier molecular flexibility index (Phi) is 2.26. The summed E-state index contributed by atoms with van der Waals surface area (Å²) in [5, 5.41) is 0. The number of halogens is 3. The van der Waals surface area contributed by atoms with Crippen LogP contribution in [0.3, 0.4) is 0 Å². The fourth-order valence-electron chi connectivity index (χ4n) is 2.26. The molecule has 0 radical (unpaired) electrons. The molecule has 0 aromatic carbocycles. The maximum Gasteiger partial charge on any atom is 0.390 e. The van der Waals surface area contributed by atoms with Crippen LogP contribution in [0.2, 0.25) is 0 Å². The number of fused-ring (bicyclic) bond motifs is 1. The second-order valence-electron chi connectivity index (χ2n) is 4.11. The zero-order valence-corrected chi connectivity index (χ0v) is 7.48. The summed E-state index contributed by atoms with van der Waals surface area (Å²) in [6.45, 7) is 1.09. The number of likely N-dealkylation sites (tertiary alicyclic amines) is 1. The molecule has 0 bridgehead atoms. The van der Waals surface area contributed by atoms with Crippen LogP contribution in [0.5, 0.6) is 0 Å². The molecule has 13 heavy (non-hydrogen) atoms. The lowest BCUT2D eigenvalue weighted by Crippen LogP contribution is -2.34. The van der Waals surface area contributed by atoms with Gasteiger partial charge in [-0.3, -0.25) is 4.90 Å². The molecule has 76 valence electrons. The Labute approximate surface area is 75.9 Å². The van der Waals surface area contributed by atoms with E-state index in [1.54, 1.807) is 0 Å². The van der Waals surface area contributed by atoms with Gasteiger partial charge in [0.25, 0.3) is 0 Å². The average molecular weight is 193 g/mol. The van der Waals surface area contributed by atoms with Gasteiger partial charge in [0.15, 0.2) is 0 Å². The third-order valence-electron chi connectivity index (χ3n) is 3.06. The minimum absolute atomic E-state index is 0.213. The van der Waals surface area contributed by atoms with E-state index >= 15 is 0 Å². The maximum atomic E-state index is 11.9. The van der Waals surface area contributed by atoms with E-state index in [1.807, 2.05) is 4.90 Å². The van der Waals surface area contributed by atoms with Gasteiger partial charge >= 0.3 is 6.18 Å². The molecular weight excluding hydrogens is 179 g/mol. The molecule has 1 heterocycles. The van der Waals surface area contributed by atoms with Crippen LogP contribution in [0.15, 0.2) is 0 Å². The lowest BCUT2D eigenvalue weighted by molar-refractivity contribution is -0.138. The summed E-state index contributed by atoms with van der Waals surface area (Å²) in [5.41, 5.74) is 0. The number of alkyl halides is 3. The van der Waals surface area contributed by atoms with Gasteiger partial charge in [-0.25, -0.2) is 0 Å². The standard InChI is InChI=1S/C9H14F3N/c10-9(11,12)3-5-13-4-1-2-7-6-8(7)13/h7-8H,1-6H2/t7-,8+/m1/s1. The number of hydrogen-bond donors (Lipinski definition) is 0. The molecule has 1 saturated carbocycles. The second-order valence-corrected chi connectivity index (χ2v) is 4.11. The number of piperidine rings is 1. The van der Waals surface area contributed by atoms with E-state index in [9.17, 15) is 13.2 Å². The van der Waals surface area contributed by atoms with Crippen molar-refractivity contribution in [3.05, 3.63) is 0 Å². The molecule has 4 heteroatoms. The van der Waals surface area contributed by atoms with Crippen molar-refractivity contribution in [2.45, 2.75) is 37.9 Å². The van der Waals surface area contributed by atoms with Gasteiger partial charge in [0.2, 0.25) is 0 Å². The summed E-state index contributed by atoms with van der Waals surface area (Å²) in [6.07, 6.45) is -1.18. The normalized spacial score (nSPS) is 34.4. The summed E-state index contributed by atoms with van der Waals surface area (Å²) < 4.78 is 35.8. The minimum Gasteiger partial charge on any atom is -0.300 e. The van der Waals surface area contributed by atoms with Crippen molar-refractivity contribution in [1.29, 1.82) is 0 Å². The monoisotopic (exact) mass is 193 g/mol. The van der Waals surface area contributed by atoms with Gasteiger partial charge in [0, 0.05) is 12.6 Å². The highest BCUT2D eigenvalue weighted by Crippen LogP contribution is 2.43. The SMILES string of the molecule is FC(F)(F)CCN1CCC[C@@H]2C[C@@H]21. The highest BCUT2D eigenvalue weighted by molar-refractivity contribution is 4.98. The van der Waals surface area contributed by atoms with Crippen LogP contribution >= 0.6 is 0 Å². The molecule has 0 aromatic rings. The van der Waals surface area contributed by atoms with Crippen LogP contribution in [0.25, 0.3) is 0 Å². The molecule has 2 fully saturated rings. The van der Waals surface area contributed by atoms with Crippen molar-refractivity contribution >= 4 is 0 Å². The summed E-state index contributed by atoms with van der Waals surface area (Å²) in [5.74, 6) is 0.724. The van der Waals surface area contributed by atoms with E-state index in [-0.39, 0.29) is 6.54 Å². The predicted molar refractivity (Wildman–Crippen MR) is 43.4 cm³/mol. The average Bonchev–Trinajstić information content (AvgIpc) is 2.77. The fraction of sp³-hybridized carbons (Fsp3) is 1.00. The molecule has 0 N–H and O–H groups in total. The quantitative estimate of drug-likeness (QED) is 0.651. The number of rotatable bonds is 2. The Morgan fingerprint density at radius 3 is 2.77 bits per heavy atom. The van der Waals surface area contributed by atoms with Crippen molar-refractivity contribution in [3.63, 3.8) is 0 Å². The zero-order valence-electron chi connectivity index (χ0n) is 7.48. The highest BCUT2D eigenvalue weighted by atomic mass is 19.4. The second kappa shape index (κ2) is 3.15. The van der Waals surface area contributed by atoms with Gasteiger partial charge in [-0.15, -0.1) is 0 Å². The molecule has 1 aliphatic heterocycles. The van der Waals surface area contributed by atoms with Crippen molar-refractivity contribution in [3.8, 4) is 0 Å². The molecule has 1 saturated heterocycles. The van der Waals surface area contributed by atoms with Gasteiger partial charge in [-0.2, -0.15) is 13.2 Å². The first-order chi connectivity index (χ1) is 6.06. The van der Waals surface area contributed by atoms with Crippen molar-refractivity contribution in [1.82, 2.24) is 4.90 Å². The number of hydrogen-bond acceptors (Lipinski definition) is 1. The Balaban J connectivity index is 1.75. The molecular formula is C9H14F3N. The Morgan fingerprint density at radius 2 is 2.08 bits per heavy atom. The first-order valence-electron chi connectivity index (χ1n) is 4.87. The van der Waals surface area contributed by atoms with Crippen molar-refractivity contribution in [2.24, 2.45) is 5.92 Å². The molecule has 2 aliphatic rings. The summed E-state index contributed by atoms with van der Waals surface area (Å²) >= 11 is 0. The van der Waals surface area contributed by atoms with Gasteiger partial charge in [-0.1, -0.05) is 0 Å². The number of nitrogens with zero attached hydrogens (tertiary/aromatic N) is 1. The van der Waals surface area contributed by atoms with Crippen molar-refractivity contribution < 1.29 is 13.2 Å². The van der Waals surface area contributed by atoms with Gasteiger partial charge in [-0.05, 0) is 31.7 Å². The van der Waals surface area contributed by atoms with Gasteiger partial charge in [0.1, 0.15) is 0 Å². The van der Waals surface area contributed by atoms with Crippen LogP contribution in [-0.4, -0.2) is 30.2 Å². The van der Waals surface area contributed by atoms with Crippen LogP contribution in [0.4, 0.5) is 13.2 Å². The molecule has 2 rings (SSSR count). The van der Waals surface area contributed by atoms with E-state index in [0.717, 1.165) is 25.3 Å². The Morgan fingerprint density at radius 1 is 1.31 bits per heavy atom. The lowest BCUT2D eigenvalue weighted by Gasteiger charge is -2.26.